The monoisotopic (exact) mass is 313 g/mol. The lowest BCUT2D eigenvalue weighted by molar-refractivity contribution is 0.630. The zero-order valence-corrected chi connectivity index (χ0v) is 13.1. The van der Waals surface area contributed by atoms with E-state index in [1.807, 2.05) is 13.8 Å². The van der Waals surface area contributed by atoms with E-state index in [2.05, 4.69) is 10.3 Å². The molecule has 1 aromatic heterocycles. The topological polar surface area (TPSA) is 101 Å². The lowest BCUT2D eigenvalue weighted by Gasteiger charge is -2.14. The summed E-state index contributed by atoms with van der Waals surface area (Å²) in [4.78, 5) is 3.95. The molecule has 0 spiro atoms. The summed E-state index contributed by atoms with van der Waals surface area (Å²) in [5, 5.41) is 11.5. The lowest BCUT2D eigenvalue weighted by atomic mass is 9.96. The maximum absolute atomic E-state index is 14.3. The second kappa shape index (κ2) is 6.91. The van der Waals surface area contributed by atoms with Gasteiger partial charge < -0.3 is 16.8 Å². The highest BCUT2D eigenvalue weighted by molar-refractivity contribution is 6.30. The third-order valence-electron chi connectivity index (χ3n) is 3.22. The van der Waals surface area contributed by atoms with Gasteiger partial charge in [0.15, 0.2) is 5.82 Å². The van der Waals surface area contributed by atoms with Crippen molar-refractivity contribution < 1.29 is 4.39 Å². The standard InChI is InChI=1S/C17H20FN5/c1-10(2)23-9-13(11-6-7-22-15(20)8-11)17(21)12-4-3-5-14(19)16(12)18/h3-10,21,23H,19H2,1-2H3,(H2,20,22)/b13-9-,21-17?. The quantitative estimate of drug-likeness (QED) is 0.503. The summed E-state index contributed by atoms with van der Waals surface area (Å²) in [6.07, 6.45) is 3.24. The predicted octanol–water partition coefficient (Wildman–Crippen LogP) is 2.79. The molecular weight excluding hydrogens is 293 g/mol. The molecule has 5 nitrogen and oxygen atoms in total. The molecule has 0 saturated carbocycles. The highest BCUT2D eigenvalue weighted by Crippen LogP contribution is 2.24. The summed E-state index contributed by atoms with van der Waals surface area (Å²) in [5.41, 5.74) is 12.7. The van der Waals surface area contributed by atoms with Crippen LogP contribution in [-0.2, 0) is 0 Å². The first-order chi connectivity index (χ1) is 10.9. The molecule has 23 heavy (non-hydrogen) atoms. The lowest BCUT2D eigenvalue weighted by Crippen LogP contribution is -2.18. The third-order valence-corrected chi connectivity index (χ3v) is 3.22. The SMILES string of the molecule is CC(C)N/C=C(\C(=N)c1cccc(N)c1F)c1ccnc(N)c1. The molecule has 0 unspecified atom stereocenters. The molecule has 0 atom stereocenters. The van der Waals surface area contributed by atoms with Crippen molar-refractivity contribution in [1.82, 2.24) is 10.3 Å². The van der Waals surface area contributed by atoms with Crippen LogP contribution in [0.25, 0.3) is 5.57 Å². The Labute approximate surface area is 134 Å². The summed E-state index contributed by atoms with van der Waals surface area (Å²) in [5.74, 6) is -0.270. The fourth-order valence-corrected chi connectivity index (χ4v) is 2.05. The third kappa shape index (κ3) is 3.85. The molecule has 2 rings (SSSR count). The molecule has 2 aromatic rings. The van der Waals surface area contributed by atoms with Crippen LogP contribution in [0.3, 0.4) is 0 Å². The number of anilines is 2. The Morgan fingerprint density at radius 2 is 2.04 bits per heavy atom. The Kier molecular flexibility index (Phi) is 4.95. The summed E-state index contributed by atoms with van der Waals surface area (Å²) in [7, 11) is 0. The summed E-state index contributed by atoms with van der Waals surface area (Å²) in [6.45, 7) is 3.94. The van der Waals surface area contributed by atoms with Crippen LogP contribution in [-0.4, -0.2) is 16.7 Å². The van der Waals surface area contributed by atoms with Gasteiger partial charge in [0.1, 0.15) is 5.82 Å². The smallest absolute Gasteiger partial charge is 0.155 e. The number of allylic oxidation sites excluding steroid dienone is 1. The molecule has 0 radical (unpaired) electrons. The number of nitrogens with zero attached hydrogens (tertiary/aromatic N) is 1. The maximum Gasteiger partial charge on any atom is 0.155 e. The van der Waals surface area contributed by atoms with Gasteiger partial charge in [-0.2, -0.15) is 0 Å². The second-order valence-electron chi connectivity index (χ2n) is 5.43. The maximum atomic E-state index is 14.3. The summed E-state index contributed by atoms with van der Waals surface area (Å²) >= 11 is 0. The number of nitrogen functional groups attached to an aromatic ring is 2. The van der Waals surface area contributed by atoms with Crippen molar-refractivity contribution in [3.8, 4) is 0 Å². The molecule has 0 saturated heterocycles. The Bertz CT molecular complexity index is 752. The van der Waals surface area contributed by atoms with Crippen LogP contribution in [0.2, 0.25) is 0 Å². The fraction of sp³-hybridized carbons (Fsp3) is 0.176. The van der Waals surface area contributed by atoms with Gasteiger partial charge in [-0.3, -0.25) is 5.41 Å². The van der Waals surface area contributed by atoms with E-state index >= 15 is 0 Å². The van der Waals surface area contributed by atoms with E-state index in [-0.39, 0.29) is 23.0 Å². The minimum atomic E-state index is -0.602. The van der Waals surface area contributed by atoms with Crippen LogP contribution in [0, 0.1) is 11.2 Å². The first-order valence-corrected chi connectivity index (χ1v) is 7.21. The van der Waals surface area contributed by atoms with Crippen molar-refractivity contribution in [2.75, 3.05) is 11.5 Å². The molecule has 0 bridgehead atoms. The van der Waals surface area contributed by atoms with E-state index in [0.717, 1.165) is 0 Å². The number of hydrogen-bond acceptors (Lipinski definition) is 5. The molecule has 1 aromatic carbocycles. The van der Waals surface area contributed by atoms with Crippen LogP contribution in [0.15, 0.2) is 42.7 Å². The Morgan fingerprint density at radius 1 is 1.30 bits per heavy atom. The van der Waals surface area contributed by atoms with Crippen molar-refractivity contribution in [1.29, 1.82) is 5.41 Å². The number of halogens is 1. The number of pyridine rings is 1. The van der Waals surface area contributed by atoms with Crippen LogP contribution in [0.4, 0.5) is 15.9 Å². The first kappa shape index (κ1) is 16.5. The van der Waals surface area contributed by atoms with Crippen LogP contribution in [0.1, 0.15) is 25.0 Å². The average Bonchev–Trinajstić information content (AvgIpc) is 2.50. The van der Waals surface area contributed by atoms with Gasteiger partial charge in [-0.25, -0.2) is 9.37 Å². The molecule has 0 aliphatic heterocycles. The Balaban J connectivity index is 2.51. The van der Waals surface area contributed by atoms with Crippen molar-refractivity contribution in [3.63, 3.8) is 0 Å². The molecule has 1 heterocycles. The fourth-order valence-electron chi connectivity index (χ4n) is 2.05. The first-order valence-electron chi connectivity index (χ1n) is 7.21. The number of nitrogens with one attached hydrogen (secondary N) is 2. The molecule has 6 N–H and O–H groups in total. The van der Waals surface area contributed by atoms with Gasteiger partial charge in [0, 0.05) is 29.6 Å². The van der Waals surface area contributed by atoms with Crippen LogP contribution < -0.4 is 16.8 Å². The van der Waals surface area contributed by atoms with Crippen molar-refractivity contribution in [2.45, 2.75) is 19.9 Å². The molecule has 6 heteroatoms. The van der Waals surface area contributed by atoms with E-state index < -0.39 is 5.82 Å². The molecule has 0 aliphatic rings. The van der Waals surface area contributed by atoms with Gasteiger partial charge in [0.25, 0.3) is 0 Å². The molecule has 0 aliphatic carbocycles. The molecule has 120 valence electrons. The Hall–Kier alpha value is -2.89. The van der Waals surface area contributed by atoms with Crippen LogP contribution in [0.5, 0.6) is 0 Å². The number of aromatic nitrogens is 1. The van der Waals surface area contributed by atoms with Gasteiger partial charge in [0.2, 0.25) is 0 Å². The van der Waals surface area contributed by atoms with Gasteiger partial charge in [-0.1, -0.05) is 6.07 Å². The number of rotatable bonds is 5. The highest BCUT2D eigenvalue weighted by atomic mass is 19.1. The molecule has 0 amide bonds. The van der Waals surface area contributed by atoms with Crippen molar-refractivity contribution in [3.05, 3.63) is 59.7 Å². The number of nitrogens with two attached hydrogens (primary N) is 2. The molecular formula is C17H20FN5. The highest BCUT2D eigenvalue weighted by Gasteiger charge is 2.16. The summed E-state index contributed by atoms with van der Waals surface area (Å²) in [6, 6.07) is 8.16. The molecule has 0 fully saturated rings. The zero-order chi connectivity index (χ0) is 17.0. The van der Waals surface area contributed by atoms with Gasteiger partial charge in [-0.15, -0.1) is 0 Å². The number of benzene rings is 1. The van der Waals surface area contributed by atoms with Gasteiger partial charge in [0.05, 0.1) is 11.4 Å². The van der Waals surface area contributed by atoms with Crippen molar-refractivity contribution >= 4 is 22.8 Å². The minimum absolute atomic E-state index is 0.0117. The predicted molar refractivity (Wildman–Crippen MR) is 92.5 cm³/mol. The van der Waals surface area contributed by atoms with Crippen molar-refractivity contribution in [2.24, 2.45) is 0 Å². The number of hydrogen-bond donors (Lipinski definition) is 4. The average molecular weight is 313 g/mol. The van der Waals surface area contributed by atoms with E-state index in [1.165, 1.54) is 12.1 Å². The van der Waals surface area contributed by atoms with Gasteiger partial charge >= 0.3 is 0 Å². The normalized spacial score (nSPS) is 11.6. The second-order valence-corrected chi connectivity index (χ2v) is 5.43. The Morgan fingerprint density at radius 3 is 2.70 bits per heavy atom. The van der Waals surface area contributed by atoms with E-state index in [4.69, 9.17) is 16.9 Å². The zero-order valence-electron chi connectivity index (χ0n) is 13.1. The van der Waals surface area contributed by atoms with E-state index in [1.54, 1.807) is 30.6 Å². The van der Waals surface area contributed by atoms with E-state index in [9.17, 15) is 4.39 Å². The van der Waals surface area contributed by atoms with E-state index in [0.29, 0.717) is 17.0 Å². The minimum Gasteiger partial charge on any atom is -0.396 e. The van der Waals surface area contributed by atoms with Crippen LogP contribution >= 0.6 is 0 Å². The van der Waals surface area contributed by atoms with Gasteiger partial charge in [-0.05, 0) is 43.7 Å². The largest absolute Gasteiger partial charge is 0.396 e. The summed E-state index contributed by atoms with van der Waals surface area (Å²) < 4.78 is 14.3.